The number of morpholine rings is 1. The molecule has 3 N–H and O–H groups in total. The molecule has 11 heteroatoms. The van der Waals surface area contributed by atoms with Crippen molar-refractivity contribution in [3.63, 3.8) is 0 Å². The molecule has 4 aromatic rings. The van der Waals surface area contributed by atoms with Crippen LogP contribution in [-0.4, -0.2) is 69.4 Å². The van der Waals surface area contributed by atoms with Crippen molar-refractivity contribution < 1.29 is 9.47 Å². The highest BCUT2D eigenvalue weighted by atomic mass is 16.5. The first-order chi connectivity index (χ1) is 18.2. The summed E-state index contributed by atoms with van der Waals surface area (Å²) in [5.74, 6) is 1.98. The van der Waals surface area contributed by atoms with E-state index in [0.717, 1.165) is 78.7 Å². The van der Waals surface area contributed by atoms with Crippen molar-refractivity contribution in [3.05, 3.63) is 30.6 Å². The smallest absolute Gasteiger partial charge is 0.231 e. The zero-order valence-electron chi connectivity index (χ0n) is 21.3. The number of aromatic nitrogens is 6. The second-order valence-electron chi connectivity index (χ2n) is 9.68. The maximum Gasteiger partial charge on any atom is 0.231 e. The third-order valence-corrected chi connectivity index (χ3v) is 7.15. The average molecular weight is 504 g/mol. The van der Waals surface area contributed by atoms with Gasteiger partial charge in [-0.2, -0.15) is 20.2 Å². The molecule has 37 heavy (non-hydrogen) atoms. The van der Waals surface area contributed by atoms with Crippen molar-refractivity contribution in [2.75, 3.05) is 48.9 Å². The van der Waals surface area contributed by atoms with Crippen LogP contribution in [-0.2, 0) is 11.8 Å². The molecule has 194 valence electrons. The zero-order chi connectivity index (χ0) is 25.2. The molecule has 2 fully saturated rings. The van der Waals surface area contributed by atoms with E-state index in [2.05, 4.69) is 36.9 Å². The van der Waals surface area contributed by atoms with Gasteiger partial charge in [-0.15, -0.1) is 0 Å². The molecule has 0 bridgehead atoms. The van der Waals surface area contributed by atoms with Crippen molar-refractivity contribution in [2.24, 2.45) is 7.05 Å². The number of hydrogen-bond donors (Lipinski definition) is 3. The number of aromatic amines is 1. The molecular weight excluding hydrogens is 470 g/mol. The number of nitrogens with zero attached hydrogens (tertiary/aromatic N) is 6. The normalized spacial score (nSPS) is 16.8. The molecule has 0 spiro atoms. The van der Waals surface area contributed by atoms with Gasteiger partial charge >= 0.3 is 0 Å². The molecule has 3 aromatic heterocycles. The van der Waals surface area contributed by atoms with E-state index in [9.17, 15) is 0 Å². The van der Waals surface area contributed by atoms with Crippen molar-refractivity contribution in [2.45, 2.75) is 38.1 Å². The summed E-state index contributed by atoms with van der Waals surface area (Å²) in [5, 5.41) is 20.0. The fraction of sp³-hybridized carbons (Fsp3) is 0.462. The van der Waals surface area contributed by atoms with Crippen molar-refractivity contribution in [1.82, 2.24) is 29.9 Å². The van der Waals surface area contributed by atoms with E-state index in [1.165, 1.54) is 19.3 Å². The summed E-state index contributed by atoms with van der Waals surface area (Å²) in [7, 11) is 3.58. The lowest BCUT2D eigenvalue weighted by Crippen LogP contribution is -2.36. The highest BCUT2D eigenvalue weighted by Crippen LogP contribution is 2.35. The summed E-state index contributed by atoms with van der Waals surface area (Å²) in [6, 6.07) is 6.52. The Kier molecular flexibility index (Phi) is 6.52. The Morgan fingerprint density at radius 2 is 1.95 bits per heavy atom. The Morgan fingerprint density at radius 1 is 1.11 bits per heavy atom. The molecule has 0 amide bonds. The van der Waals surface area contributed by atoms with Gasteiger partial charge in [0, 0.05) is 49.7 Å². The van der Waals surface area contributed by atoms with Gasteiger partial charge in [0.1, 0.15) is 17.3 Å². The summed E-state index contributed by atoms with van der Waals surface area (Å²) in [6.45, 7) is 3.20. The van der Waals surface area contributed by atoms with Gasteiger partial charge in [0.2, 0.25) is 5.95 Å². The maximum atomic E-state index is 5.73. The van der Waals surface area contributed by atoms with Gasteiger partial charge in [-0.25, -0.2) is 0 Å². The van der Waals surface area contributed by atoms with Crippen LogP contribution in [0.4, 0.5) is 23.1 Å². The third kappa shape index (κ3) is 4.91. The second-order valence-corrected chi connectivity index (χ2v) is 9.68. The standard InChI is InChI=1S/C26H33N9O2/c1-34-16-17(15-27-34)23-22-24(28-18-6-4-3-5-7-18)30-26(31-25(22)33-32-23)29-20-9-8-19(14-21(20)36-2)35-10-12-37-13-11-35/h8-9,14-16,18H,3-7,10-13H2,1-2H3,(H3,28,29,30,31,32,33). The quantitative estimate of drug-likeness (QED) is 0.343. The van der Waals surface area contributed by atoms with E-state index in [-0.39, 0.29) is 0 Å². The first-order valence-corrected chi connectivity index (χ1v) is 13.0. The Morgan fingerprint density at radius 3 is 2.70 bits per heavy atom. The molecule has 0 radical (unpaired) electrons. The van der Waals surface area contributed by atoms with Gasteiger partial charge in [0.15, 0.2) is 5.65 Å². The number of H-pyrrole nitrogens is 1. The van der Waals surface area contributed by atoms with Crippen LogP contribution in [0.2, 0.25) is 0 Å². The Labute approximate surface area is 215 Å². The van der Waals surface area contributed by atoms with E-state index in [1.54, 1.807) is 11.8 Å². The third-order valence-electron chi connectivity index (χ3n) is 7.15. The lowest BCUT2D eigenvalue weighted by atomic mass is 9.95. The molecule has 4 heterocycles. The van der Waals surface area contributed by atoms with Gasteiger partial charge in [0.25, 0.3) is 0 Å². The SMILES string of the molecule is COc1cc(N2CCOCC2)ccc1Nc1nc(NC2CCCCC2)c2c(-c3cnn(C)c3)n[nH]c2n1. The zero-order valence-corrected chi connectivity index (χ0v) is 21.3. The first-order valence-electron chi connectivity index (χ1n) is 13.0. The number of fused-ring (bicyclic) bond motifs is 1. The van der Waals surface area contributed by atoms with Gasteiger partial charge in [-0.1, -0.05) is 19.3 Å². The molecular formula is C26H33N9O2. The van der Waals surface area contributed by atoms with Crippen LogP contribution in [0.15, 0.2) is 30.6 Å². The molecule has 0 unspecified atom stereocenters. The summed E-state index contributed by atoms with van der Waals surface area (Å²) in [6.07, 6.45) is 9.77. The predicted octanol–water partition coefficient (Wildman–Crippen LogP) is 4.09. The Hall–Kier alpha value is -3.86. The number of rotatable bonds is 7. The number of nitrogens with one attached hydrogen (secondary N) is 3. The molecule has 6 rings (SSSR count). The van der Waals surface area contributed by atoms with E-state index >= 15 is 0 Å². The number of hydrogen-bond acceptors (Lipinski definition) is 9. The maximum absolute atomic E-state index is 5.73. The van der Waals surface area contributed by atoms with Gasteiger partial charge in [0.05, 0.1) is 37.6 Å². The summed E-state index contributed by atoms with van der Waals surface area (Å²) >= 11 is 0. The van der Waals surface area contributed by atoms with E-state index in [0.29, 0.717) is 17.6 Å². The van der Waals surface area contributed by atoms with Gasteiger partial charge in [-0.05, 0) is 25.0 Å². The molecule has 1 aliphatic heterocycles. The second kappa shape index (κ2) is 10.3. The van der Waals surface area contributed by atoms with Gasteiger partial charge < -0.3 is 25.0 Å². The molecule has 2 aliphatic rings. The van der Waals surface area contributed by atoms with E-state index in [1.807, 2.05) is 31.6 Å². The van der Waals surface area contributed by atoms with Crippen LogP contribution in [0.3, 0.4) is 0 Å². The minimum atomic E-state index is 0.374. The van der Waals surface area contributed by atoms with Crippen LogP contribution in [0.25, 0.3) is 22.3 Å². The van der Waals surface area contributed by atoms with Crippen LogP contribution < -0.4 is 20.3 Å². The first kappa shape index (κ1) is 23.5. The van der Waals surface area contributed by atoms with Crippen LogP contribution >= 0.6 is 0 Å². The van der Waals surface area contributed by atoms with Gasteiger partial charge in [-0.3, -0.25) is 9.78 Å². The van der Waals surface area contributed by atoms with Crippen molar-refractivity contribution in [3.8, 4) is 17.0 Å². The lowest BCUT2D eigenvalue weighted by Gasteiger charge is -2.29. The summed E-state index contributed by atoms with van der Waals surface area (Å²) in [5.41, 5.74) is 4.29. The Bertz CT molecular complexity index is 1370. The number of aryl methyl sites for hydroxylation is 1. The number of methoxy groups -OCH3 is 1. The lowest BCUT2D eigenvalue weighted by molar-refractivity contribution is 0.122. The Balaban J connectivity index is 1.35. The van der Waals surface area contributed by atoms with E-state index in [4.69, 9.17) is 19.4 Å². The van der Waals surface area contributed by atoms with E-state index < -0.39 is 0 Å². The van der Waals surface area contributed by atoms with Crippen LogP contribution in [0, 0.1) is 0 Å². The van der Waals surface area contributed by atoms with Crippen LogP contribution in [0.1, 0.15) is 32.1 Å². The molecule has 1 saturated carbocycles. The summed E-state index contributed by atoms with van der Waals surface area (Å²) in [4.78, 5) is 12.0. The van der Waals surface area contributed by atoms with Crippen molar-refractivity contribution >= 4 is 34.2 Å². The minimum Gasteiger partial charge on any atom is -0.494 e. The number of benzene rings is 1. The molecule has 1 aromatic carbocycles. The highest BCUT2D eigenvalue weighted by molar-refractivity contribution is 5.99. The minimum absolute atomic E-state index is 0.374. The molecule has 11 nitrogen and oxygen atoms in total. The fourth-order valence-corrected chi connectivity index (χ4v) is 5.21. The summed E-state index contributed by atoms with van der Waals surface area (Å²) < 4.78 is 13.0. The predicted molar refractivity (Wildman–Crippen MR) is 144 cm³/mol. The highest BCUT2D eigenvalue weighted by Gasteiger charge is 2.22. The largest absolute Gasteiger partial charge is 0.494 e. The van der Waals surface area contributed by atoms with Crippen LogP contribution in [0.5, 0.6) is 5.75 Å². The number of ether oxygens (including phenoxy) is 2. The monoisotopic (exact) mass is 503 g/mol. The topological polar surface area (TPSA) is 118 Å². The van der Waals surface area contributed by atoms with Crippen molar-refractivity contribution in [1.29, 1.82) is 0 Å². The molecule has 1 aliphatic carbocycles. The molecule has 1 saturated heterocycles. The number of anilines is 4. The molecule has 0 atom stereocenters. The fourth-order valence-electron chi connectivity index (χ4n) is 5.21. The average Bonchev–Trinajstić information content (AvgIpc) is 3.56.